The van der Waals surface area contributed by atoms with Gasteiger partial charge in [0, 0.05) is 11.8 Å². The first-order valence-corrected chi connectivity index (χ1v) is 9.80. The van der Waals surface area contributed by atoms with Crippen molar-refractivity contribution in [3.05, 3.63) is 72.3 Å². The topological polar surface area (TPSA) is 93.9 Å². The monoisotopic (exact) mass is 370 g/mol. The number of nitrogens with one attached hydrogen (secondary N) is 1. The van der Waals surface area contributed by atoms with Gasteiger partial charge in [0.25, 0.3) is 5.91 Å². The van der Waals surface area contributed by atoms with Crippen LogP contribution in [0.15, 0.2) is 66.1 Å². The lowest BCUT2D eigenvalue weighted by Gasteiger charge is -2.15. The van der Waals surface area contributed by atoms with E-state index in [2.05, 4.69) is 15.4 Å². The summed E-state index contributed by atoms with van der Waals surface area (Å²) in [6, 6.07) is 13.2. The molecule has 1 heterocycles. The summed E-state index contributed by atoms with van der Waals surface area (Å²) in [5, 5.41) is 6.94. The zero-order valence-electron chi connectivity index (χ0n) is 14.3. The Morgan fingerprint density at radius 1 is 1.08 bits per heavy atom. The minimum absolute atomic E-state index is 0.213. The van der Waals surface area contributed by atoms with Crippen LogP contribution in [-0.2, 0) is 9.84 Å². The average Bonchev–Trinajstić information content (AvgIpc) is 3.16. The second-order valence-corrected chi connectivity index (χ2v) is 7.94. The maximum Gasteiger partial charge on any atom is 0.251 e. The van der Waals surface area contributed by atoms with Crippen LogP contribution in [0.4, 0.5) is 0 Å². The van der Waals surface area contributed by atoms with Crippen LogP contribution in [0.25, 0.3) is 5.69 Å². The summed E-state index contributed by atoms with van der Waals surface area (Å²) in [6.07, 6.45) is 4.19. The van der Waals surface area contributed by atoms with E-state index in [1.165, 1.54) is 6.33 Å². The molecule has 8 heteroatoms. The minimum atomic E-state index is -3.23. The first-order chi connectivity index (χ1) is 12.3. The molecule has 1 atom stereocenters. The van der Waals surface area contributed by atoms with Gasteiger partial charge in [-0.3, -0.25) is 4.79 Å². The Bertz CT molecular complexity index is 996. The number of aromatic nitrogens is 3. The smallest absolute Gasteiger partial charge is 0.251 e. The van der Waals surface area contributed by atoms with E-state index >= 15 is 0 Å². The van der Waals surface area contributed by atoms with Crippen LogP contribution >= 0.6 is 0 Å². The highest BCUT2D eigenvalue weighted by Gasteiger charge is 2.13. The van der Waals surface area contributed by atoms with Crippen LogP contribution < -0.4 is 5.32 Å². The van der Waals surface area contributed by atoms with Crippen molar-refractivity contribution in [2.75, 3.05) is 6.26 Å². The second kappa shape index (κ2) is 7.09. The molecule has 0 radical (unpaired) electrons. The number of hydrogen-bond donors (Lipinski definition) is 1. The molecule has 0 aliphatic heterocycles. The molecule has 0 saturated carbocycles. The molecule has 0 fully saturated rings. The Balaban J connectivity index is 1.69. The molecule has 134 valence electrons. The quantitative estimate of drug-likeness (QED) is 0.743. The van der Waals surface area contributed by atoms with Gasteiger partial charge in [0.15, 0.2) is 9.84 Å². The zero-order chi connectivity index (χ0) is 18.7. The lowest BCUT2D eigenvalue weighted by molar-refractivity contribution is 0.0940. The van der Waals surface area contributed by atoms with Gasteiger partial charge >= 0.3 is 0 Å². The normalized spacial score (nSPS) is 12.5. The third-order valence-electron chi connectivity index (χ3n) is 3.97. The number of amides is 1. The minimum Gasteiger partial charge on any atom is -0.346 e. The summed E-state index contributed by atoms with van der Waals surface area (Å²) in [5.74, 6) is -0.213. The summed E-state index contributed by atoms with van der Waals surface area (Å²) in [7, 11) is -3.23. The van der Waals surface area contributed by atoms with Crippen LogP contribution in [0.5, 0.6) is 0 Å². The van der Waals surface area contributed by atoms with Gasteiger partial charge in [-0.25, -0.2) is 18.1 Å². The van der Waals surface area contributed by atoms with E-state index in [4.69, 9.17) is 0 Å². The molecular weight excluding hydrogens is 352 g/mol. The van der Waals surface area contributed by atoms with Crippen molar-refractivity contribution >= 4 is 15.7 Å². The Hall–Kier alpha value is -3.00. The number of rotatable bonds is 5. The van der Waals surface area contributed by atoms with Gasteiger partial charge in [0.05, 0.1) is 16.6 Å². The van der Waals surface area contributed by atoms with Crippen molar-refractivity contribution in [1.29, 1.82) is 0 Å². The number of hydrogen-bond acceptors (Lipinski definition) is 5. The Labute approximate surface area is 151 Å². The predicted octanol–water partition coefficient (Wildman–Crippen LogP) is 2.16. The largest absolute Gasteiger partial charge is 0.346 e. The molecule has 1 N–H and O–H groups in total. The van der Waals surface area contributed by atoms with Gasteiger partial charge in [-0.2, -0.15) is 5.10 Å². The van der Waals surface area contributed by atoms with E-state index in [-0.39, 0.29) is 16.8 Å². The van der Waals surface area contributed by atoms with E-state index in [0.29, 0.717) is 5.56 Å². The fourth-order valence-corrected chi connectivity index (χ4v) is 3.10. The van der Waals surface area contributed by atoms with Gasteiger partial charge in [-0.15, -0.1) is 0 Å². The lowest BCUT2D eigenvalue weighted by atomic mass is 10.1. The third kappa shape index (κ3) is 3.97. The predicted molar refractivity (Wildman–Crippen MR) is 96.8 cm³/mol. The molecule has 0 spiro atoms. The van der Waals surface area contributed by atoms with Crippen molar-refractivity contribution in [2.24, 2.45) is 0 Å². The molecule has 3 rings (SSSR count). The summed E-state index contributed by atoms with van der Waals surface area (Å²) in [5.41, 5.74) is 2.15. The standard InChI is InChI=1S/C18H18N4O3S/c1-13(14-5-9-17(10-6-14)26(2,24)25)21-18(23)15-3-7-16(8-4-15)22-12-19-11-20-22/h3-13H,1-2H3,(H,21,23). The van der Waals surface area contributed by atoms with Gasteiger partial charge in [-0.1, -0.05) is 12.1 Å². The van der Waals surface area contributed by atoms with Crippen molar-refractivity contribution in [3.63, 3.8) is 0 Å². The fourth-order valence-electron chi connectivity index (χ4n) is 2.47. The van der Waals surface area contributed by atoms with Crippen LogP contribution in [0, 0.1) is 0 Å². The van der Waals surface area contributed by atoms with Crippen molar-refractivity contribution in [2.45, 2.75) is 17.9 Å². The molecule has 1 unspecified atom stereocenters. The Kier molecular flexibility index (Phi) is 4.85. The molecular formula is C18H18N4O3S. The first-order valence-electron chi connectivity index (χ1n) is 7.90. The average molecular weight is 370 g/mol. The van der Waals surface area contributed by atoms with Gasteiger partial charge in [-0.05, 0) is 48.9 Å². The zero-order valence-corrected chi connectivity index (χ0v) is 15.1. The summed E-state index contributed by atoms with van der Waals surface area (Å²) < 4.78 is 24.6. The maximum absolute atomic E-state index is 12.4. The molecule has 0 saturated heterocycles. The summed E-state index contributed by atoms with van der Waals surface area (Å²) >= 11 is 0. The summed E-state index contributed by atoms with van der Waals surface area (Å²) in [4.78, 5) is 16.5. The van der Waals surface area contributed by atoms with E-state index in [0.717, 1.165) is 17.5 Å². The second-order valence-electron chi connectivity index (χ2n) is 5.92. The number of benzene rings is 2. The van der Waals surface area contributed by atoms with E-state index in [9.17, 15) is 13.2 Å². The third-order valence-corrected chi connectivity index (χ3v) is 5.10. The van der Waals surface area contributed by atoms with E-state index in [1.54, 1.807) is 59.5 Å². The van der Waals surface area contributed by atoms with E-state index < -0.39 is 9.84 Å². The number of carbonyl (C=O) groups is 1. The molecule has 3 aromatic rings. The van der Waals surface area contributed by atoms with Crippen molar-refractivity contribution < 1.29 is 13.2 Å². The van der Waals surface area contributed by atoms with Gasteiger partial charge in [0.2, 0.25) is 0 Å². The van der Waals surface area contributed by atoms with Gasteiger partial charge in [0.1, 0.15) is 12.7 Å². The van der Waals surface area contributed by atoms with Crippen LogP contribution in [0.3, 0.4) is 0 Å². The molecule has 0 aliphatic rings. The van der Waals surface area contributed by atoms with Crippen LogP contribution in [-0.4, -0.2) is 35.3 Å². The molecule has 2 aromatic carbocycles. The number of nitrogens with zero attached hydrogens (tertiary/aromatic N) is 3. The molecule has 0 bridgehead atoms. The maximum atomic E-state index is 12.4. The van der Waals surface area contributed by atoms with Crippen molar-refractivity contribution in [1.82, 2.24) is 20.1 Å². The highest BCUT2D eigenvalue weighted by atomic mass is 32.2. The number of carbonyl (C=O) groups excluding carboxylic acids is 1. The summed E-state index contributed by atoms with van der Waals surface area (Å²) in [6.45, 7) is 1.84. The van der Waals surface area contributed by atoms with Crippen LogP contribution in [0.2, 0.25) is 0 Å². The Morgan fingerprint density at radius 3 is 2.27 bits per heavy atom. The van der Waals surface area contributed by atoms with Crippen molar-refractivity contribution in [3.8, 4) is 5.69 Å². The van der Waals surface area contributed by atoms with E-state index in [1.807, 2.05) is 6.92 Å². The molecule has 7 nitrogen and oxygen atoms in total. The highest BCUT2D eigenvalue weighted by Crippen LogP contribution is 2.17. The lowest BCUT2D eigenvalue weighted by Crippen LogP contribution is -2.26. The Morgan fingerprint density at radius 2 is 1.73 bits per heavy atom. The highest BCUT2D eigenvalue weighted by molar-refractivity contribution is 7.90. The first kappa shape index (κ1) is 17.8. The molecule has 26 heavy (non-hydrogen) atoms. The SMILES string of the molecule is CC(NC(=O)c1ccc(-n2cncn2)cc1)c1ccc(S(C)(=O)=O)cc1. The fraction of sp³-hybridized carbons (Fsp3) is 0.167. The number of sulfone groups is 1. The molecule has 1 amide bonds. The molecule has 0 aliphatic carbocycles. The molecule has 1 aromatic heterocycles. The van der Waals surface area contributed by atoms with Gasteiger partial charge < -0.3 is 5.32 Å². The van der Waals surface area contributed by atoms with Crippen LogP contribution in [0.1, 0.15) is 28.9 Å².